The second-order valence-corrected chi connectivity index (χ2v) is 6.33. The third kappa shape index (κ3) is 3.15. The minimum atomic E-state index is -4.47. The molecule has 1 saturated carbocycles. The Hall–Kier alpha value is -1.76. The second kappa shape index (κ2) is 5.40. The van der Waals surface area contributed by atoms with Gasteiger partial charge in [-0.05, 0) is 43.0 Å². The Labute approximate surface area is 135 Å². The van der Waals surface area contributed by atoms with Gasteiger partial charge in [-0.25, -0.2) is 0 Å². The molecule has 1 aliphatic heterocycles. The van der Waals surface area contributed by atoms with Crippen LogP contribution in [0.4, 0.5) is 13.2 Å². The number of rotatable bonds is 3. The van der Waals surface area contributed by atoms with Gasteiger partial charge in [0.1, 0.15) is 6.04 Å². The van der Waals surface area contributed by atoms with Crippen LogP contribution in [0, 0.1) is 0 Å². The molecular formula is C15H14ClF3N2O2. The summed E-state index contributed by atoms with van der Waals surface area (Å²) in [5, 5.41) is 5.49. The fourth-order valence-electron chi connectivity index (χ4n) is 2.79. The SMILES string of the molecule is O=C1CC[C@H](C(=O)NC2(c3cc(C(F)(F)F)ccc3Cl)CC2)N1. The van der Waals surface area contributed by atoms with Gasteiger partial charge in [0.2, 0.25) is 11.8 Å². The number of halogens is 4. The predicted molar refractivity (Wildman–Crippen MR) is 76.7 cm³/mol. The van der Waals surface area contributed by atoms with Crippen molar-refractivity contribution in [1.29, 1.82) is 0 Å². The lowest BCUT2D eigenvalue weighted by molar-refractivity contribution is -0.137. The Balaban J connectivity index is 1.83. The van der Waals surface area contributed by atoms with Crippen LogP contribution in [-0.2, 0) is 21.3 Å². The summed E-state index contributed by atoms with van der Waals surface area (Å²) < 4.78 is 38.6. The van der Waals surface area contributed by atoms with Crippen LogP contribution in [0.25, 0.3) is 0 Å². The summed E-state index contributed by atoms with van der Waals surface area (Å²) in [6.45, 7) is 0. The molecule has 1 aromatic carbocycles. The molecule has 1 saturated heterocycles. The molecule has 1 heterocycles. The van der Waals surface area contributed by atoms with Crippen molar-refractivity contribution in [3.63, 3.8) is 0 Å². The minimum absolute atomic E-state index is 0.186. The van der Waals surface area contributed by atoms with Crippen LogP contribution in [-0.4, -0.2) is 17.9 Å². The van der Waals surface area contributed by atoms with Gasteiger partial charge in [-0.3, -0.25) is 9.59 Å². The average Bonchev–Trinajstić information content (AvgIpc) is 3.09. The standard InChI is InChI=1S/C15H14ClF3N2O2/c16-10-2-1-8(15(17,18)19)7-9(10)14(5-6-14)21-13(23)11-3-4-12(22)20-11/h1-2,7,11H,3-6H2,(H,20,22)(H,21,23)/t11-/m1/s1. The van der Waals surface area contributed by atoms with Crippen LogP contribution < -0.4 is 10.6 Å². The lowest BCUT2D eigenvalue weighted by atomic mass is 10.0. The van der Waals surface area contributed by atoms with E-state index < -0.39 is 23.3 Å². The van der Waals surface area contributed by atoms with E-state index in [2.05, 4.69) is 10.6 Å². The van der Waals surface area contributed by atoms with E-state index >= 15 is 0 Å². The van der Waals surface area contributed by atoms with E-state index in [1.165, 1.54) is 6.07 Å². The first kappa shape index (κ1) is 16.1. The molecule has 2 amide bonds. The molecule has 0 unspecified atom stereocenters. The fraction of sp³-hybridized carbons (Fsp3) is 0.467. The summed E-state index contributed by atoms with van der Waals surface area (Å²) in [6, 6.07) is 2.47. The molecule has 0 bridgehead atoms. The molecule has 124 valence electrons. The van der Waals surface area contributed by atoms with Gasteiger partial charge in [0.15, 0.2) is 0 Å². The van der Waals surface area contributed by atoms with E-state index in [4.69, 9.17) is 11.6 Å². The highest BCUT2D eigenvalue weighted by molar-refractivity contribution is 6.31. The number of alkyl halides is 3. The largest absolute Gasteiger partial charge is 0.416 e. The zero-order valence-electron chi connectivity index (χ0n) is 12.0. The first-order valence-electron chi connectivity index (χ1n) is 7.20. The van der Waals surface area contributed by atoms with E-state index in [0.29, 0.717) is 19.3 Å². The molecule has 0 spiro atoms. The van der Waals surface area contributed by atoms with Crippen LogP contribution in [0.2, 0.25) is 5.02 Å². The van der Waals surface area contributed by atoms with E-state index in [1.54, 1.807) is 0 Å². The van der Waals surface area contributed by atoms with Crippen molar-refractivity contribution in [3.8, 4) is 0 Å². The maximum absolute atomic E-state index is 12.9. The summed E-state index contributed by atoms with van der Waals surface area (Å²) in [6.07, 6.45) is -2.79. The van der Waals surface area contributed by atoms with E-state index in [-0.39, 0.29) is 28.8 Å². The molecule has 0 aromatic heterocycles. The number of hydrogen-bond donors (Lipinski definition) is 2. The zero-order valence-corrected chi connectivity index (χ0v) is 12.7. The number of nitrogens with one attached hydrogen (secondary N) is 2. The van der Waals surface area contributed by atoms with Crippen LogP contribution in [0.15, 0.2) is 18.2 Å². The monoisotopic (exact) mass is 346 g/mol. The van der Waals surface area contributed by atoms with Gasteiger partial charge >= 0.3 is 6.18 Å². The first-order valence-corrected chi connectivity index (χ1v) is 7.58. The van der Waals surface area contributed by atoms with Crippen molar-refractivity contribution in [1.82, 2.24) is 10.6 Å². The normalized spacial score (nSPS) is 22.6. The van der Waals surface area contributed by atoms with E-state index in [9.17, 15) is 22.8 Å². The van der Waals surface area contributed by atoms with Crippen molar-refractivity contribution in [2.45, 2.75) is 43.4 Å². The van der Waals surface area contributed by atoms with Crippen molar-refractivity contribution < 1.29 is 22.8 Å². The van der Waals surface area contributed by atoms with Gasteiger partial charge in [-0.15, -0.1) is 0 Å². The van der Waals surface area contributed by atoms with Gasteiger partial charge in [0.05, 0.1) is 11.1 Å². The Morgan fingerprint density at radius 3 is 2.57 bits per heavy atom. The summed E-state index contributed by atoms with van der Waals surface area (Å²) in [5.41, 5.74) is -1.40. The molecular weight excluding hydrogens is 333 g/mol. The summed E-state index contributed by atoms with van der Waals surface area (Å²) in [7, 11) is 0. The van der Waals surface area contributed by atoms with Crippen molar-refractivity contribution in [3.05, 3.63) is 34.3 Å². The molecule has 1 aliphatic carbocycles. The van der Waals surface area contributed by atoms with Gasteiger partial charge in [0, 0.05) is 11.4 Å². The highest BCUT2D eigenvalue weighted by Crippen LogP contribution is 2.49. The average molecular weight is 347 g/mol. The maximum atomic E-state index is 12.9. The Kier molecular flexibility index (Phi) is 3.78. The van der Waals surface area contributed by atoms with Crippen LogP contribution in [0.5, 0.6) is 0 Å². The molecule has 8 heteroatoms. The lowest BCUT2D eigenvalue weighted by Gasteiger charge is -2.22. The highest BCUT2D eigenvalue weighted by atomic mass is 35.5. The Morgan fingerprint density at radius 1 is 1.35 bits per heavy atom. The van der Waals surface area contributed by atoms with Crippen LogP contribution in [0.1, 0.15) is 36.8 Å². The Bertz CT molecular complexity index is 671. The second-order valence-electron chi connectivity index (χ2n) is 5.92. The molecule has 3 rings (SSSR count). The lowest BCUT2D eigenvalue weighted by Crippen LogP contribution is -2.46. The van der Waals surface area contributed by atoms with Gasteiger partial charge in [-0.1, -0.05) is 11.6 Å². The quantitative estimate of drug-likeness (QED) is 0.884. The van der Waals surface area contributed by atoms with Crippen molar-refractivity contribution >= 4 is 23.4 Å². The van der Waals surface area contributed by atoms with Crippen molar-refractivity contribution in [2.24, 2.45) is 0 Å². The van der Waals surface area contributed by atoms with Crippen LogP contribution in [0.3, 0.4) is 0 Å². The topological polar surface area (TPSA) is 58.2 Å². The number of benzene rings is 1. The molecule has 2 aliphatic rings. The van der Waals surface area contributed by atoms with Crippen LogP contribution >= 0.6 is 11.6 Å². The Morgan fingerprint density at radius 2 is 2.04 bits per heavy atom. The zero-order chi connectivity index (χ0) is 16.8. The van der Waals surface area contributed by atoms with E-state index in [0.717, 1.165) is 12.1 Å². The fourth-order valence-corrected chi connectivity index (χ4v) is 3.09. The van der Waals surface area contributed by atoms with E-state index in [1.807, 2.05) is 0 Å². The summed E-state index contributed by atoms with van der Waals surface area (Å²) >= 11 is 6.05. The first-order chi connectivity index (χ1) is 10.7. The smallest absolute Gasteiger partial charge is 0.345 e. The number of amides is 2. The summed E-state index contributed by atoms with van der Waals surface area (Å²) in [4.78, 5) is 23.4. The molecule has 2 fully saturated rings. The number of carbonyl (C=O) groups is 2. The van der Waals surface area contributed by atoms with Gasteiger partial charge in [0.25, 0.3) is 0 Å². The maximum Gasteiger partial charge on any atom is 0.416 e. The molecule has 1 atom stereocenters. The molecule has 2 N–H and O–H groups in total. The minimum Gasteiger partial charge on any atom is -0.345 e. The number of hydrogen-bond acceptors (Lipinski definition) is 2. The van der Waals surface area contributed by atoms with Gasteiger partial charge in [-0.2, -0.15) is 13.2 Å². The molecule has 1 aromatic rings. The van der Waals surface area contributed by atoms with Gasteiger partial charge < -0.3 is 10.6 Å². The third-order valence-corrected chi connectivity index (χ3v) is 4.56. The molecule has 23 heavy (non-hydrogen) atoms. The highest BCUT2D eigenvalue weighted by Gasteiger charge is 2.49. The number of carbonyl (C=O) groups excluding carboxylic acids is 2. The molecule has 4 nitrogen and oxygen atoms in total. The third-order valence-electron chi connectivity index (χ3n) is 4.23. The summed E-state index contributed by atoms with van der Waals surface area (Å²) in [5.74, 6) is -0.589. The predicted octanol–water partition coefficient (Wildman–Crippen LogP) is 2.74. The molecule has 0 radical (unpaired) electrons. The van der Waals surface area contributed by atoms with Crippen molar-refractivity contribution in [2.75, 3.05) is 0 Å².